The number of amides is 2. The molecule has 0 radical (unpaired) electrons. The Morgan fingerprint density at radius 1 is 1.21 bits per heavy atom. The van der Waals surface area contributed by atoms with Gasteiger partial charge in [0.25, 0.3) is 0 Å². The highest BCUT2D eigenvalue weighted by atomic mass is 16.4. The second kappa shape index (κ2) is 6.26. The van der Waals surface area contributed by atoms with E-state index in [4.69, 9.17) is 0 Å². The summed E-state index contributed by atoms with van der Waals surface area (Å²) in [7, 11) is 0. The zero-order valence-corrected chi connectivity index (χ0v) is 12.4. The van der Waals surface area contributed by atoms with Crippen LogP contribution >= 0.6 is 0 Å². The van der Waals surface area contributed by atoms with E-state index in [9.17, 15) is 14.7 Å². The highest BCUT2D eigenvalue weighted by molar-refractivity contribution is 5.78. The predicted molar refractivity (Wildman–Crippen MR) is 74.0 cm³/mol. The van der Waals surface area contributed by atoms with Crippen molar-refractivity contribution in [3.05, 3.63) is 0 Å². The Hall–Kier alpha value is -1.26. The number of carboxylic acid groups (broad SMARTS) is 1. The monoisotopic (exact) mass is 270 g/mol. The summed E-state index contributed by atoms with van der Waals surface area (Å²) in [6, 6.07) is -0.135. The number of likely N-dealkylation sites (tertiary alicyclic amines) is 1. The van der Waals surface area contributed by atoms with Gasteiger partial charge in [0.2, 0.25) is 0 Å². The van der Waals surface area contributed by atoms with Crippen LogP contribution in [-0.2, 0) is 4.79 Å². The van der Waals surface area contributed by atoms with Crippen molar-refractivity contribution in [2.45, 2.75) is 40.5 Å². The molecule has 19 heavy (non-hydrogen) atoms. The Labute approximate surface area is 115 Å². The van der Waals surface area contributed by atoms with Crippen LogP contribution in [0.15, 0.2) is 0 Å². The minimum atomic E-state index is -0.841. The van der Waals surface area contributed by atoms with Gasteiger partial charge in [-0.25, -0.2) is 4.79 Å². The van der Waals surface area contributed by atoms with E-state index in [0.717, 1.165) is 13.1 Å². The molecule has 0 bridgehead atoms. The molecule has 1 aliphatic rings. The fourth-order valence-electron chi connectivity index (χ4n) is 2.53. The SMILES string of the molecule is CCC(CC)(CNC(=O)N1CC(C)C(C)C1)C(=O)O. The van der Waals surface area contributed by atoms with Gasteiger partial charge in [-0.15, -0.1) is 0 Å². The Bertz CT molecular complexity index is 330. The van der Waals surface area contributed by atoms with Crippen molar-refractivity contribution in [3.63, 3.8) is 0 Å². The molecule has 0 saturated carbocycles. The van der Waals surface area contributed by atoms with Crippen molar-refractivity contribution in [1.82, 2.24) is 10.2 Å². The highest BCUT2D eigenvalue weighted by Gasteiger charge is 2.36. The van der Waals surface area contributed by atoms with Gasteiger partial charge >= 0.3 is 12.0 Å². The summed E-state index contributed by atoms with van der Waals surface area (Å²) in [5, 5.41) is 12.1. The first-order valence-electron chi connectivity index (χ1n) is 7.12. The van der Waals surface area contributed by atoms with Gasteiger partial charge in [-0.2, -0.15) is 0 Å². The Kier molecular flexibility index (Phi) is 5.20. The summed E-state index contributed by atoms with van der Waals surface area (Å²) in [6.07, 6.45) is 1.04. The van der Waals surface area contributed by atoms with Crippen molar-refractivity contribution in [2.75, 3.05) is 19.6 Å². The lowest BCUT2D eigenvalue weighted by Crippen LogP contribution is -2.46. The average Bonchev–Trinajstić information content (AvgIpc) is 2.71. The standard InChI is InChI=1S/C14H26N2O3/c1-5-14(6-2,12(17)18)9-15-13(19)16-7-10(3)11(4)8-16/h10-11H,5-9H2,1-4H3,(H,15,19)(H,17,18). The van der Waals surface area contributed by atoms with Gasteiger partial charge in [0.15, 0.2) is 0 Å². The number of hydrogen-bond donors (Lipinski definition) is 2. The van der Waals surface area contributed by atoms with E-state index in [1.54, 1.807) is 4.90 Å². The van der Waals surface area contributed by atoms with Gasteiger partial charge in [0.05, 0.1) is 5.41 Å². The molecule has 110 valence electrons. The average molecular weight is 270 g/mol. The van der Waals surface area contributed by atoms with Crippen LogP contribution in [0.1, 0.15) is 40.5 Å². The highest BCUT2D eigenvalue weighted by Crippen LogP contribution is 2.26. The third kappa shape index (κ3) is 3.39. The van der Waals surface area contributed by atoms with Gasteiger partial charge in [0, 0.05) is 19.6 Å². The first-order valence-corrected chi connectivity index (χ1v) is 7.12. The quantitative estimate of drug-likeness (QED) is 0.804. The number of carbonyl (C=O) groups excluding carboxylic acids is 1. The molecule has 0 aromatic heterocycles. The van der Waals surface area contributed by atoms with E-state index in [0.29, 0.717) is 24.7 Å². The molecule has 2 N–H and O–H groups in total. The van der Waals surface area contributed by atoms with Crippen LogP contribution in [0.2, 0.25) is 0 Å². The van der Waals surface area contributed by atoms with Gasteiger partial charge in [-0.3, -0.25) is 4.79 Å². The molecule has 1 saturated heterocycles. The fraction of sp³-hybridized carbons (Fsp3) is 0.857. The zero-order chi connectivity index (χ0) is 14.6. The van der Waals surface area contributed by atoms with Crippen LogP contribution in [0.4, 0.5) is 4.79 Å². The number of carbonyl (C=O) groups is 2. The molecule has 0 aromatic carbocycles. The number of hydrogen-bond acceptors (Lipinski definition) is 2. The number of aliphatic carboxylic acids is 1. The first kappa shape index (κ1) is 15.8. The molecule has 2 atom stereocenters. The van der Waals surface area contributed by atoms with E-state index >= 15 is 0 Å². The van der Waals surface area contributed by atoms with E-state index in [-0.39, 0.29) is 12.6 Å². The van der Waals surface area contributed by atoms with Crippen LogP contribution in [0.25, 0.3) is 0 Å². The molecule has 5 heteroatoms. The van der Waals surface area contributed by atoms with E-state index in [2.05, 4.69) is 19.2 Å². The lowest BCUT2D eigenvalue weighted by atomic mass is 9.82. The summed E-state index contributed by atoms with van der Waals surface area (Å²) < 4.78 is 0. The maximum Gasteiger partial charge on any atom is 0.317 e. The molecule has 1 rings (SSSR count). The summed E-state index contributed by atoms with van der Waals surface area (Å²) >= 11 is 0. The van der Waals surface area contributed by atoms with Gasteiger partial charge in [0.1, 0.15) is 0 Å². The normalized spacial score (nSPS) is 23.5. The molecule has 0 aromatic rings. The third-order valence-electron chi connectivity index (χ3n) is 4.66. The summed E-state index contributed by atoms with van der Waals surface area (Å²) in [5.74, 6) is 0.181. The molecule has 1 fully saturated rings. The van der Waals surface area contributed by atoms with E-state index < -0.39 is 11.4 Å². The summed E-state index contributed by atoms with van der Waals surface area (Å²) in [4.78, 5) is 25.2. The topological polar surface area (TPSA) is 69.6 Å². The Balaban J connectivity index is 2.56. The lowest BCUT2D eigenvalue weighted by Gasteiger charge is -2.28. The Morgan fingerprint density at radius 2 is 1.68 bits per heavy atom. The van der Waals surface area contributed by atoms with Gasteiger partial charge in [-0.05, 0) is 24.7 Å². The van der Waals surface area contributed by atoms with Gasteiger partial charge < -0.3 is 15.3 Å². The number of rotatable bonds is 5. The molecular formula is C14H26N2O3. The third-order valence-corrected chi connectivity index (χ3v) is 4.66. The minimum Gasteiger partial charge on any atom is -0.481 e. The molecule has 2 unspecified atom stereocenters. The molecule has 1 aliphatic heterocycles. The zero-order valence-electron chi connectivity index (χ0n) is 12.4. The number of nitrogens with zero attached hydrogens (tertiary/aromatic N) is 1. The van der Waals surface area contributed by atoms with Crippen molar-refractivity contribution in [2.24, 2.45) is 17.3 Å². The largest absolute Gasteiger partial charge is 0.481 e. The van der Waals surface area contributed by atoms with E-state index in [1.807, 2.05) is 13.8 Å². The maximum absolute atomic E-state index is 12.1. The van der Waals surface area contributed by atoms with Crippen LogP contribution < -0.4 is 5.32 Å². The first-order chi connectivity index (χ1) is 8.86. The van der Waals surface area contributed by atoms with Crippen molar-refractivity contribution in [3.8, 4) is 0 Å². The summed E-state index contributed by atoms with van der Waals surface area (Å²) in [5.41, 5.74) is -0.841. The van der Waals surface area contributed by atoms with Crippen molar-refractivity contribution in [1.29, 1.82) is 0 Å². The van der Waals surface area contributed by atoms with Crippen molar-refractivity contribution >= 4 is 12.0 Å². The van der Waals surface area contributed by atoms with E-state index in [1.165, 1.54) is 0 Å². The molecule has 5 nitrogen and oxygen atoms in total. The second-order valence-corrected chi connectivity index (χ2v) is 5.81. The molecular weight excluding hydrogens is 244 g/mol. The smallest absolute Gasteiger partial charge is 0.317 e. The van der Waals surface area contributed by atoms with Gasteiger partial charge in [-0.1, -0.05) is 27.7 Å². The molecule has 1 heterocycles. The van der Waals surface area contributed by atoms with Crippen LogP contribution in [0, 0.1) is 17.3 Å². The lowest BCUT2D eigenvalue weighted by molar-refractivity contribution is -0.149. The number of carboxylic acids is 1. The fourth-order valence-corrected chi connectivity index (χ4v) is 2.53. The number of nitrogens with one attached hydrogen (secondary N) is 1. The molecule has 0 aliphatic carbocycles. The van der Waals surface area contributed by atoms with Crippen LogP contribution in [-0.4, -0.2) is 41.6 Å². The minimum absolute atomic E-state index is 0.135. The van der Waals surface area contributed by atoms with Crippen LogP contribution in [0.5, 0.6) is 0 Å². The second-order valence-electron chi connectivity index (χ2n) is 5.81. The summed E-state index contributed by atoms with van der Waals surface area (Å²) in [6.45, 7) is 9.69. The van der Waals surface area contributed by atoms with Crippen LogP contribution in [0.3, 0.4) is 0 Å². The molecule has 2 amide bonds. The predicted octanol–water partition coefficient (Wildman–Crippen LogP) is 2.17. The maximum atomic E-state index is 12.1. The van der Waals surface area contributed by atoms with Crippen molar-refractivity contribution < 1.29 is 14.7 Å². The molecule has 0 spiro atoms. The Morgan fingerprint density at radius 3 is 2.05 bits per heavy atom. The number of urea groups is 1.